The molecule has 2 N–H and O–H groups in total. The summed E-state index contributed by atoms with van der Waals surface area (Å²) in [6.45, 7) is 1.60. The number of carbonyl (C=O) groups is 1. The van der Waals surface area contributed by atoms with Crippen molar-refractivity contribution >= 4 is 29.9 Å². The highest BCUT2D eigenvalue weighted by molar-refractivity contribution is 6.30. The van der Waals surface area contributed by atoms with Gasteiger partial charge in [0.2, 0.25) is 17.6 Å². The first kappa shape index (κ1) is 22.9. The summed E-state index contributed by atoms with van der Waals surface area (Å²) in [4.78, 5) is 18.8. The highest BCUT2D eigenvalue weighted by Gasteiger charge is 2.15. The number of rotatable bonds is 9. The number of aryl methyl sites for hydroxylation is 1. The molecular formula is C21H24Cl2N4O2. The van der Waals surface area contributed by atoms with Crippen molar-refractivity contribution in [1.82, 2.24) is 15.0 Å². The van der Waals surface area contributed by atoms with Gasteiger partial charge in [0.05, 0.1) is 0 Å². The quantitative estimate of drug-likeness (QED) is 0.553. The molecule has 0 aliphatic carbocycles. The summed E-state index contributed by atoms with van der Waals surface area (Å²) in [7, 11) is 0. The van der Waals surface area contributed by atoms with E-state index in [-0.39, 0.29) is 18.3 Å². The van der Waals surface area contributed by atoms with E-state index < -0.39 is 0 Å². The van der Waals surface area contributed by atoms with Gasteiger partial charge in [-0.3, -0.25) is 4.79 Å². The Bertz CT molecular complexity index is 885. The van der Waals surface area contributed by atoms with E-state index in [0.29, 0.717) is 49.2 Å². The molecule has 0 aliphatic heterocycles. The Morgan fingerprint density at radius 3 is 2.45 bits per heavy atom. The zero-order valence-electron chi connectivity index (χ0n) is 16.0. The maximum Gasteiger partial charge on any atom is 0.227 e. The van der Waals surface area contributed by atoms with Gasteiger partial charge in [0.15, 0.2) is 0 Å². The van der Waals surface area contributed by atoms with Gasteiger partial charge < -0.3 is 15.2 Å². The molecule has 0 unspecified atom stereocenters. The summed E-state index contributed by atoms with van der Waals surface area (Å²) >= 11 is 5.89. The second-order valence-electron chi connectivity index (χ2n) is 6.42. The zero-order chi connectivity index (χ0) is 19.8. The summed E-state index contributed by atoms with van der Waals surface area (Å²) in [5, 5.41) is 4.62. The van der Waals surface area contributed by atoms with Gasteiger partial charge in [-0.1, -0.05) is 47.1 Å². The molecule has 2 aromatic carbocycles. The Hall–Kier alpha value is -2.41. The molecule has 3 rings (SSSR count). The van der Waals surface area contributed by atoms with Gasteiger partial charge in [0.25, 0.3) is 0 Å². The molecule has 1 amide bonds. The number of aromatic nitrogens is 2. The van der Waals surface area contributed by atoms with Gasteiger partial charge in [0.1, 0.15) is 0 Å². The lowest BCUT2D eigenvalue weighted by molar-refractivity contribution is -0.131. The monoisotopic (exact) mass is 434 g/mol. The summed E-state index contributed by atoms with van der Waals surface area (Å²) in [6.07, 6.45) is 1.50. The minimum absolute atomic E-state index is 0. The normalized spacial score (nSPS) is 10.4. The summed E-state index contributed by atoms with van der Waals surface area (Å²) < 4.78 is 5.28. The number of halogens is 2. The average Bonchev–Trinajstić information content (AvgIpc) is 3.19. The van der Waals surface area contributed by atoms with Gasteiger partial charge in [-0.15, -0.1) is 12.4 Å². The molecule has 1 aromatic heterocycles. The van der Waals surface area contributed by atoms with Crippen LogP contribution in [0.3, 0.4) is 0 Å². The van der Waals surface area contributed by atoms with Gasteiger partial charge in [0, 0.05) is 43.1 Å². The van der Waals surface area contributed by atoms with Gasteiger partial charge in [-0.25, -0.2) is 0 Å². The van der Waals surface area contributed by atoms with Gasteiger partial charge >= 0.3 is 0 Å². The largest absolute Gasteiger partial charge is 0.341 e. The van der Waals surface area contributed by atoms with Crippen molar-refractivity contribution in [2.45, 2.75) is 19.3 Å². The predicted octanol–water partition coefficient (Wildman–Crippen LogP) is 3.77. The van der Waals surface area contributed by atoms with Crippen LogP contribution in [0.4, 0.5) is 0 Å². The van der Waals surface area contributed by atoms with E-state index in [4.69, 9.17) is 21.9 Å². The van der Waals surface area contributed by atoms with Crippen LogP contribution in [-0.4, -0.2) is 40.6 Å². The minimum Gasteiger partial charge on any atom is -0.341 e. The molecule has 29 heavy (non-hydrogen) atoms. The fourth-order valence-electron chi connectivity index (χ4n) is 2.87. The molecule has 0 radical (unpaired) electrons. The van der Waals surface area contributed by atoms with E-state index in [1.807, 2.05) is 30.3 Å². The first-order chi connectivity index (χ1) is 13.7. The van der Waals surface area contributed by atoms with E-state index in [0.717, 1.165) is 12.0 Å². The van der Waals surface area contributed by atoms with E-state index in [1.165, 1.54) is 5.56 Å². The Morgan fingerprint density at radius 2 is 1.76 bits per heavy atom. The number of nitrogens with zero attached hydrogens (tertiary/aromatic N) is 3. The van der Waals surface area contributed by atoms with Crippen molar-refractivity contribution < 1.29 is 9.32 Å². The summed E-state index contributed by atoms with van der Waals surface area (Å²) in [5.74, 6) is 0.962. The maximum absolute atomic E-state index is 12.6. The molecule has 8 heteroatoms. The lowest BCUT2D eigenvalue weighted by Gasteiger charge is -2.22. The molecule has 0 bridgehead atoms. The molecule has 0 aliphatic rings. The van der Waals surface area contributed by atoms with Crippen LogP contribution >= 0.6 is 24.0 Å². The summed E-state index contributed by atoms with van der Waals surface area (Å²) in [6, 6.07) is 17.3. The number of benzene rings is 2. The van der Waals surface area contributed by atoms with Crippen LogP contribution in [0.15, 0.2) is 59.1 Å². The van der Waals surface area contributed by atoms with Crippen molar-refractivity contribution in [3.05, 3.63) is 71.1 Å². The third kappa shape index (κ3) is 6.85. The Balaban J connectivity index is 0.00000300. The smallest absolute Gasteiger partial charge is 0.227 e. The highest BCUT2D eigenvalue weighted by Crippen LogP contribution is 2.19. The molecule has 0 saturated heterocycles. The van der Waals surface area contributed by atoms with E-state index in [1.54, 1.807) is 17.0 Å². The van der Waals surface area contributed by atoms with E-state index in [2.05, 4.69) is 22.3 Å². The van der Waals surface area contributed by atoms with Gasteiger partial charge in [-0.05, 0) is 36.2 Å². The fraction of sp³-hybridized carbons (Fsp3) is 0.286. The topological polar surface area (TPSA) is 85.2 Å². The Morgan fingerprint density at radius 1 is 1.03 bits per heavy atom. The van der Waals surface area contributed by atoms with Crippen molar-refractivity contribution in [2.75, 3.05) is 19.6 Å². The predicted molar refractivity (Wildman–Crippen MR) is 116 cm³/mol. The molecule has 0 saturated carbocycles. The molecule has 1 heterocycles. The van der Waals surface area contributed by atoms with Gasteiger partial charge in [-0.2, -0.15) is 4.98 Å². The lowest BCUT2D eigenvalue weighted by atomic mass is 10.1. The standard InChI is InChI=1S/C21H23ClN4O2.ClH/c22-18-8-6-17(7-9-18)21-24-19(28-25-21)10-11-20(27)26(15-13-23)14-12-16-4-2-1-3-5-16;/h1-9H,10-15,23H2;1H. The highest BCUT2D eigenvalue weighted by atomic mass is 35.5. The average molecular weight is 435 g/mol. The number of carbonyl (C=O) groups excluding carboxylic acids is 1. The molecule has 0 fully saturated rings. The second kappa shape index (κ2) is 11.6. The third-order valence-electron chi connectivity index (χ3n) is 4.39. The van der Waals surface area contributed by atoms with E-state index in [9.17, 15) is 4.79 Å². The van der Waals surface area contributed by atoms with E-state index >= 15 is 0 Å². The molecule has 6 nitrogen and oxygen atoms in total. The van der Waals surface area contributed by atoms with Crippen LogP contribution in [0.1, 0.15) is 17.9 Å². The zero-order valence-corrected chi connectivity index (χ0v) is 17.5. The van der Waals surface area contributed by atoms with Crippen LogP contribution in [0, 0.1) is 0 Å². The number of hydrogen-bond acceptors (Lipinski definition) is 5. The number of amides is 1. The van der Waals surface area contributed by atoms with Crippen molar-refractivity contribution in [3.8, 4) is 11.4 Å². The van der Waals surface area contributed by atoms with Crippen LogP contribution in [0.2, 0.25) is 5.02 Å². The lowest BCUT2D eigenvalue weighted by Crippen LogP contribution is -2.37. The first-order valence-electron chi connectivity index (χ1n) is 9.26. The first-order valence-corrected chi connectivity index (χ1v) is 9.64. The maximum atomic E-state index is 12.6. The van der Waals surface area contributed by atoms with Crippen molar-refractivity contribution in [2.24, 2.45) is 5.73 Å². The van der Waals surface area contributed by atoms with Crippen LogP contribution in [0.25, 0.3) is 11.4 Å². The number of hydrogen-bond donors (Lipinski definition) is 1. The van der Waals surface area contributed by atoms with Crippen LogP contribution < -0.4 is 5.73 Å². The third-order valence-corrected chi connectivity index (χ3v) is 4.64. The Labute approximate surface area is 181 Å². The van der Waals surface area contributed by atoms with Crippen molar-refractivity contribution in [3.63, 3.8) is 0 Å². The molecule has 3 aromatic rings. The molecule has 0 atom stereocenters. The van der Waals surface area contributed by atoms with Crippen molar-refractivity contribution in [1.29, 1.82) is 0 Å². The molecule has 154 valence electrons. The molecule has 0 spiro atoms. The SMILES string of the molecule is Cl.NCCN(CCc1ccccc1)C(=O)CCc1nc(-c2ccc(Cl)cc2)no1. The van der Waals surface area contributed by atoms with Crippen LogP contribution in [-0.2, 0) is 17.6 Å². The second-order valence-corrected chi connectivity index (χ2v) is 6.86. The fourth-order valence-corrected chi connectivity index (χ4v) is 3.00. The number of nitrogens with two attached hydrogens (primary N) is 1. The minimum atomic E-state index is 0. The summed E-state index contributed by atoms with van der Waals surface area (Å²) in [5.41, 5.74) is 7.69. The van der Waals surface area contributed by atoms with Crippen LogP contribution in [0.5, 0.6) is 0 Å². The Kier molecular flexibility index (Phi) is 9.12. The molecular weight excluding hydrogens is 411 g/mol.